The third-order valence-corrected chi connectivity index (χ3v) is 7.03. The van der Waals surface area contributed by atoms with E-state index in [2.05, 4.69) is 0 Å². The Kier molecular flexibility index (Phi) is 5.99. The highest BCUT2D eigenvalue weighted by Gasteiger charge is 2.36. The number of hydrogen-bond acceptors (Lipinski definition) is 5. The van der Waals surface area contributed by atoms with Crippen molar-refractivity contribution in [1.29, 1.82) is 0 Å². The Hall–Kier alpha value is -2.07. The summed E-state index contributed by atoms with van der Waals surface area (Å²) in [5, 5.41) is 1.83. The fourth-order valence-electron chi connectivity index (χ4n) is 3.06. The lowest BCUT2D eigenvalue weighted by Crippen LogP contribution is -2.43. The molecule has 1 amide bonds. The topological polar surface area (TPSA) is 63.7 Å². The maximum atomic E-state index is 13.1. The molecule has 1 aromatic carbocycles. The van der Waals surface area contributed by atoms with Crippen LogP contribution in [0.1, 0.15) is 16.9 Å². The molecule has 28 heavy (non-hydrogen) atoms. The SMILES string of the molecule is O=C(COc1ccccc1C(F)(F)F)N(Cc1cccs1)[C@@H]1CCS(=O)(=O)C1. The lowest BCUT2D eigenvalue weighted by Gasteiger charge is -2.28. The van der Waals surface area contributed by atoms with E-state index in [1.165, 1.54) is 28.4 Å². The van der Waals surface area contributed by atoms with Crippen LogP contribution in [0.3, 0.4) is 0 Å². The highest BCUT2D eigenvalue weighted by molar-refractivity contribution is 7.91. The summed E-state index contributed by atoms with van der Waals surface area (Å²) in [5.74, 6) is -1.14. The Morgan fingerprint density at radius 1 is 1.21 bits per heavy atom. The number of benzene rings is 1. The molecule has 10 heteroatoms. The van der Waals surface area contributed by atoms with Gasteiger partial charge in [0.05, 0.1) is 23.6 Å². The molecular weight excluding hydrogens is 415 g/mol. The van der Waals surface area contributed by atoms with Gasteiger partial charge in [-0.1, -0.05) is 18.2 Å². The Morgan fingerprint density at radius 2 is 1.96 bits per heavy atom. The molecular formula is C18H18F3NO4S2. The molecule has 0 spiro atoms. The second kappa shape index (κ2) is 8.12. The minimum atomic E-state index is -4.60. The fraction of sp³-hybridized carbons (Fsp3) is 0.389. The second-order valence-electron chi connectivity index (χ2n) is 6.44. The molecule has 1 aliphatic heterocycles. The molecule has 1 aromatic heterocycles. The number of halogens is 3. The van der Waals surface area contributed by atoms with E-state index in [4.69, 9.17) is 4.74 Å². The van der Waals surface area contributed by atoms with Gasteiger partial charge in [-0.05, 0) is 30.0 Å². The second-order valence-corrected chi connectivity index (χ2v) is 9.70. The summed E-state index contributed by atoms with van der Waals surface area (Å²) >= 11 is 1.41. The number of nitrogens with zero attached hydrogens (tertiary/aromatic N) is 1. The van der Waals surface area contributed by atoms with Crippen molar-refractivity contribution in [3.05, 3.63) is 52.2 Å². The maximum absolute atomic E-state index is 13.1. The van der Waals surface area contributed by atoms with E-state index in [0.29, 0.717) is 6.42 Å². The first-order chi connectivity index (χ1) is 13.2. The minimum Gasteiger partial charge on any atom is -0.483 e. The van der Waals surface area contributed by atoms with Crippen molar-refractivity contribution in [2.45, 2.75) is 25.2 Å². The molecule has 2 heterocycles. The van der Waals surface area contributed by atoms with Crippen molar-refractivity contribution >= 4 is 27.1 Å². The van der Waals surface area contributed by atoms with Gasteiger partial charge in [0.1, 0.15) is 5.75 Å². The van der Waals surface area contributed by atoms with Crippen molar-refractivity contribution in [2.24, 2.45) is 0 Å². The van der Waals surface area contributed by atoms with Crippen LogP contribution in [-0.4, -0.2) is 43.4 Å². The molecule has 0 radical (unpaired) electrons. The van der Waals surface area contributed by atoms with Crippen molar-refractivity contribution in [3.8, 4) is 5.75 Å². The number of rotatable bonds is 6. The molecule has 2 aromatic rings. The number of ether oxygens (including phenoxy) is 1. The fourth-order valence-corrected chi connectivity index (χ4v) is 5.50. The van der Waals surface area contributed by atoms with Gasteiger partial charge < -0.3 is 9.64 Å². The third kappa shape index (κ3) is 5.05. The molecule has 0 bridgehead atoms. The van der Waals surface area contributed by atoms with Crippen molar-refractivity contribution in [3.63, 3.8) is 0 Å². The number of carbonyl (C=O) groups is 1. The molecule has 0 N–H and O–H groups in total. The van der Waals surface area contributed by atoms with Crippen LogP contribution in [-0.2, 0) is 27.4 Å². The summed E-state index contributed by atoms with van der Waals surface area (Å²) in [6.07, 6.45) is -4.30. The summed E-state index contributed by atoms with van der Waals surface area (Å²) in [6.45, 7) is -0.407. The first kappa shape index (κ1) is 20.7. The van der Waals surface area contributed by atoms with Crippen LogP contribution < -0.4 is 4.74 Å². The predicted molar refractivity (Wildman–Crippen MR) is 98.9 cm³/mol. The Balaban J connectivity index is 1.75. The lowest BCUT2D eigenvalue weighted by molar-refractivity contribution is -0.141. The zero-order chi connectivity index (χ0) is 20.4. The van der Waals surface area contributed by atoms with Gasteiger partial charge in [-0.15, -0.1) is 11.3 Å². The number of alkyl halides is 3. The zero-order valence-electron chi connectivity index (χ0n) is 14.7. The van der Waals surface area contributed by atoms with Gasteiger partial charge in [-0.2, -0.15) is 13.2 Å². The summed E-state index contributed by atoms with van der Waals surface area (Å²) in [6, 6.07) is 7.78. The molecule has 1 fully saturated rings. The van der Waals surface area contributed by atoms with Gasteiger partial charge in [0.2, 0.25) is 0 Å². The van der Waals surface area contributed by atoms with Crippen LogP contribution >= 0.6 is 11.3 Å². The van der Waals surface area contributed by atoms with Gasteiger partial charge >= 0.3 is 6.18 Å². The molecule has 1 saturated heterocycles. The number of hydrogen-bond donors (Lipinski definition) is 0. The van der Waals surface area contributed by atoms with Crippen LogP contribution in [0.4, 0.5) is 13.2 Å². The standard InChI is InChI=1S/C18H18F3NO4S2/c19-18(20,21)15-5-1-2-6-16(15)26-11-17(23)22(10-14-4-3-8-27-14)13-7-9-28(24,25)12-13/h1-6,8,13H,7,9-12H2/t13-/m1/s1. The highest BCUT2D eigenvalue weighted by atomic mass is 32.2. The van der Waals surface area contributed by atoms with Crippen LogP contribution in [0, 0.1) is 0 Å². The van der Waals surface area contributed by atoms with Gasteiger partial charge in [0.25, 0.3) is 5.91 Å². The highest BCUT2D eigenvalue weighted by Crippen LogP contribution is 2.36. The van der Waals surface area contributed by atoms with E-state index in [1.54, 1.807) is 0 Å². The molecule has 152 valence electrons. The Labute approximate surface area is 164 Å². The quantitative estimate of drug-likeness (QED) is 0.701. The van der Waals surface area contributed by atoms with Gasteiger partial charge in [-0.3, -0.25) is 4.79 Å². The summed E-state index contributed by atoms with van der Waals surface area (Å²) in [4.78, 5) is 15.0. The average molecular weight is 433 g/mol. The average Bonchev–Trinajstić information content (AvgIpc) is 3.26. The van der Waals surface area contributed by atoms with E-state index >= 15 is 0 Å². The lowest BCUT2D eigenvalue weighted by atomic mass is 10.2. The minimum absolute atomic E-state index is 0.0103. The van der Waals surface area contributed by atoms with Gasteiger partial charge in [-0.25, -0.2) is 8.42 Å². The summed E-state index contributed by atoms with van der Waals surface area (Å²) in [7, 11) is -3.23. The van der Waals surface area contributed by atoms with E-state index in [-0.39, 0.29) is 18.1 Å². The van der Waals surface area contributed by atoms with Gasteiger partial charge in [0, 0.05) is 10.9 Å². The van der Waals surface area contributed by atoms with Crippen LogP contribution in [0.25, 0.3) is 0 Å². The molecule has 3 rings (SSSR count). The number of thiophene rings is 1. The normalized spacial score (nSPS) is 18.8. The van der Waals surface area contributed by atoms with E-state index in [9.17, 15) is 26.4 Å². The zero-order valence-corrected chi connectivity index (χ0v) is 16.3. The Morgan fingerprint density at radius 3 is 2.57 bits per heavy atom. The summed E-state index contributed by atoms with van der Waals surface area (Å²) < 4.78 is 68.0. The number of carbonyl (C=O) groups excluding carboxylic acids is 1. The number of para-hydroxylation sites is 1. The molecule has 1 atom stereocenters. The molecule has 1 aliphatic rings. The molecule has 0 aliphatic carbocycles. The third-order valence-electron chi connectivity index (χ3n) is 4.42. The first-order valence-corrected chi connectivity index (χ1v) is 11.2. The van der Waals surface area contributed by atoms with Crippen molar-refractivity contribution in [2.75, 3.05) is 18.1 Å². The molecule has 0 saturated carbocycles. The first-order valence-electron chi connectivity index (χ1n) is 8.47. The monoisotopic (exact) mass is 433 g/mol. The van der Waals surface area contributed by atoms with E-state index in [1.807, 2.05) is 17.5 Å². The molecule has 5 nitrogen and oxygen atoms in total. The molecule has 0 unspecified atom stereocenters. The van der Waals surface area contributed by atoms with Crippen LogP contribution in [0.2, 0.25) is 0 Å². The predicted octanol–water partition coefficient (Wildman–Crippen LogP) is 3.36. The van der Waals surface area contributed by atoms with Crippen molar-refractivity contribution < 1.29 is 31.1 Å². The Bertz CT molecular complexity index is 927. The van der Waals surface area contributed by atoms with E-state index in [0.717, 1.165) is 17.0 Å². The van der Waals surface area contributed by atoms with Crippen molar-refractivity contribution in [1.82, 2.24) is 4.90 Å². The summed E-state index contributed by atoms with van der Waals surface area (Å²) in [5.41, 5.74) is -0.962. The number of sulfone groups is 1. The smallest absolute Gasteiger partial charge is 0.419 e. The van der Waals surface area contributed by atoms with Crippen LogP contribution in [0.15, 0.2) is 41.8 Å². The maximum Gasteiger partial charge on any atom is 0.419 e. The van der Waals surface area contributed by atoms with E-state index < -0.39 is 45.9 Å². The number of amides is 1. The van der Waals surface area contributed by atoms with Gasteiger partial charge in [0.15, 0.2) is 16.4 Å². The largest absolute Gasteiger partial charge is 0.483 e. The van der Waals surface area contributed by atoms with Crippen LogP contribution in [0.5, 0.6) is 5.75 Å².